The van der Waals surface area contributed by atoms with Crippen LogP contribution in [0.3, 0.4) is 0 Å². The maximum Gasteiger partial charge on any atom is 0.308 e. The summed E-state index contributed by atoms with van der Waals surface area (Å²) in [5.41, 5.74) is 2.23. The normalized spacial score (nSPS) is 11.8. The molecule has 0 spiro atoms. The molecule has 0 aliphatic heterocycles. The predicted octanol–water partition coefficient (Wildman–Crippen LogP) is 2.88. The minimum atomic E-state index is -1.02. The maximum absolute atomic E-state index is 13.1. The molecule has 0 aromatic heterocycles. The second-order valence-electron chi connectivity index (χ2n) is 5.96. The molecule has 2 N–H and O–H groups in total. The van der Waals surface area contributed by atoms with E-state index in [4.69, 9.17) is 0 Å². The lowest BCUT2D eigenvalue weighted by molar-refractivity contribution is -0.141. The van der Waals surface area contributed by atoms with Crippen LogP contribution in [0.4, 0.5) is 8.78 Å². The van der Waals surface area contributed by atoms with Gasteiger partial charge in [0, 0.05) is 6.54 Å². The molecule has 25 heavy (non-hydrogen) atoms. The van der Waals surface area contributed by atoms with Gasteiger partial charge in [0.25, 0.3) is 0 Å². The van der Waals surface area contributed by atoms with E-state index < -0.39 is 29.4 Å². The highest BCUT2D eigenvalue weighted by Crippen LogP contribution is 2.12. The van der Waals surface area contributed by atoms with Gasteiger partial charge in [-0.1, -0.05) is 35.9 Å². The first-order valence-electron chi connectivity index (χ1n) is 7.84. The summed E-state index contributed by atoms with van der Waals surface area (Å²) in [5.74, 6) is -4.21. The van der Waals surface area contributed by atoms with Crippen LogP contribution in [0.1, 0.15) is 16.7 Å². The van der Waals surface area contributed by atoms with Gasteiger partial charge in [-0.25, -0.2) is 8.78 Å². The summed E-state index contributed by atoms with van der Waals surface area (Å²) in [5, 5.41) is 11.9. The number of carbonyl (C=O) groups is 2. The molecule has 0 fully saturated rings. The van der Waals surface area contributed by atoms with Crippen LogP contribution in [-0.2, 0) is 22.4 Å². The number of carboxylic acids is 1. The molecule has 1 amide bonds. The van der Waals surface area contributed by atoms with Crippen molar-refractivity contribution < 1.29 is 23.5 Å². The molecular formula is C19H19F2NO3. The molecule has 0 aliphatic carbocycles. The largest absolute Gasteiger partial charge is 0.481 e. The Morgan fingerprint density at radius 3 is 2.48 bits per heavy atom. The van der Waals surface area contributed by atoms with Crippen molar-refractivity contribution in [3.8, 4) is 0 Å². The average Bonchev–Trinajstić information content (AvgIpc) is 2.54. The van der Waals surface area contributed by atoms with Crippen LogP contribution in [0.15, 0.2) is 42.5 Å². The first-order chi connectivity index (χ1) is 11.8. The highest BCUT2D eigenvalue weighted by Gasteiger charge is 2.19. The Kier molecular flexibility index (Phi) is 6.22. The number of aryl methyl sites for hydroxylation is 1. The fourth-order valence-corrected chi connectivity index (χ4v) is 2.50. The number of rotatable bonds is 7. The molecule has 0 saturated carbocycles. The summed E-state index contributed by atoms with van der Waals surface area (Å²) in [6.45, 7) is 1.88. The van der Waals surface area contributed by atoms with Crippen molar-refractivity contribution in [3.63, 3.8) is 0 Å². The first kappa shape index (κ1) is 18.6. The van der Waals surface area contributed by atoms with Gasteiger partial charge >= 0.3 is 5.97 Å². The minimum Gasteiger partial charge on any atom is -0.481 e. The average molecular weight is 347 g/mol. The topological polar surface area (TPSA) is 66.4 Å². The van der Waals surface area contributed by atoms with E-state index in [1.165, 1.54) is 6.07 Å². The van der Waals surface area contributed by atoms with Gasteiger partial charge in [-0.3, -0.25) is 9.59 Å². The Morgan fingerprint density at radius 2 is 1.84 bits per heavy atom. The van der Waals surface area contributed by atoms with Crippen LogP contribution in [0.5, 0.6) is 0 Å². The summed E-state index contributed by atoms with van der Waals surface area (Å²) in [7, 11) is 0. The van der Waals surface area contributed by atoms with Crippen molar-refractivity contribution in [3.05, 3.63) is 70.8 Å². The molecule has 0 radical (unpaired) electrons. The molecule has 4 nitrogen and oxygen atoms in total. The van der Waals surface area contributed by atoms with Gasteiger partial charge < -0.3 is 10.4 Å². The molecule has 132 valence electrons. The van der Waals surface area contributed by atoms with E-state index in [2.05, 4.69) is 5.32 Å². The number of aliphatic carboxylic acids is 1. The molecule has 1 atom stereocenters. The molecular weight excluding hydrogens is 328 g/mol. The predicted molar refractivity (Wildman–Crippen MR) is 89.1 cm³/mol. The van der Waals surface area contributed by atoms with Gasteiger partial charge in [0.05, 0.1) is 12.3 Å². The third kappa shape index (κ3) is 5.67. The minimum absolute atomic E-state index is 0.0359. The number of amides is 1. The van der Waals surface area contributed by atoms with E-state index in [0.717, 1.165) is 23.3 Å². The van der Waals surface area contributed by atoms with Crippen molar-refractivity contribution >= 4 is 11.9 Å². The lowest BCUT2D eigenvalue weighted by atomic mass is 9.98. The van der Waals surface area contributed by atoms with Crippen LogP contribution < -0.4 is 5.32 Å². The number of carbonyl (C=O) groups excluding carboxylic acids is 1. The van der Waals surface area contributed by atoms with E-state index in [9.17, 15) is 23.5 Å². The van der Waals surface area contributed by atoms with Crippen LogP contribution in [0.25, 0.3) is 0 Å². The number of halogens is 2. The van der Waals surface area contributed by atoms with Crippen LogP contribution in [0.2, 0.25) is 0 Å². The maximum atomic E-state index is 13.1. The number of nitrogens with one attached hydrogen (secondary N) is 1. The Bertz CT molecular complexity index is 777. The van der Waals surface area contributed by atoms with Crippen molar-refractivity contribution in [2.75, 3.05) is 6.54 Å². The Hall–Kier alpha value is -2.76. The number of hydrogen-bond acceptors (Lipinski definition) is 2. The van der Waals surface area contributed by atoms with Crippen molar-refractivity contribution in [2.45, 2.75) is 19.8 Å². The summed E-state index contributed by atoms with van der Waals surface area (Å²) in [6.07, 6.45) is 0.149. The van der Waals surface area contributed by atoms with Gasteiger partial charge in [0.2, 0.25) is 5.91 Å². The molecule has 2 rings (SSSR count). The fourth-order valence-electron chi connectivity index (χ4n) is 2.50. The monoisotopic (exact) mass is 347 g/mol. The SMILES string of the molecule is Cc1cccc(CC(CNC(=O)Cc2ccc(F)c(F)c2)C(=O)O)c1. The van der Waals surface area contributed by atoms with E-state index in [1.807, 2.05) is 31.2 Å². The second kappa shape index (κ2) is 8.37. The van der Waals surface area contributed by atoms with E-state index in [1.54, 1.807) is 0 Å². The van der Waals surface area contributed by atoms with E-state index >= 15 is 0 Å². The van der Waals surface area contributed by atoms with Gasteiger partial charge in [-0.15, -0.1) is 0 Å². The van der Waals surface area contributed by atoms with Crippen LogP contribution in [0, 0.1) is 24.5 Å². The highest BCUT2D eigenvalue weighted by atomic mass is 19.2. The Morgan fingerprint density at radius 1 is 1.08 bits per heavy atom. The summed E-state index contributed by atoms with van der Waals surface area (Å²) in [4.78, 5) is 23.3. The standard InChI is InChI=1S/C19H19F2NO3/c1-12-3-2-4-13(7-12)8-15(19(24)25)11-22-18(23)10-14-5-6-16(20)17(21)9-14/h2-7,9,15H,8,10-11H2,1H3,(H,22,23)(H,24,25). The molecule has 0 saturated heterocycles. The van der Waals surface area contributed by atoms with Crippen molar-refractivity contribution in [1.82, 2.24) is 5.32 Å². The zero-order valence-electron chi connectivity index (χ0n) is 13.8. The zero-order chi connectivity index (χ0) is 18.4. The molecule has 6 heteroatoms. The third-order valence-corrected chi connectivity index (χ3v) is 3.81. The van der Waals surface area contributed by atoms with E-state index in [0.29, 0.717) is 12.0 Å². The second-order valence-corrected chi connectivity index (χ2v) is 5.96. The number of carboxylic acid groups (broad SMARTS) is 1. The first-order valence-corrected chi connectivity index (χ1v) is 7.84. The van der Waals surface area contributed by atoms with E-state index in [-0.39, 0.29) is 13.0 Å². The zero-order valence-corrected chi connectivity index (χ0v) is 13.8. The summed E-state index contributed by atoms with van der Waals surface area (Å²) < 4.78 is 26.0. The van der Waals surface area contributed by atoms with Gasteiger partial charge in [0.1, 0.15) is 0 Å². The molecule has 0 bridgehead atoms. The van der Waals surface area contributed by atoms with Gasteiger partial charge in [-0.05, 0) is 36.6 Å². The fraction of sp³-hybridized carbons (Fsp3) is 0.263. The lowest BCUT2D eigenvalue weighted by Gasteiger charge is -2.14. The number of hydrogen-bond donors (Lipinski definition) is 2. The molecule has 2 aromatic carbocycles. The number of benzene rings is 2. The van der Waals surface area contributed by atoms with Crippen LogP contribution in [-0.4, -0.2) is 23.5 Å². The van der Waals surface area contributed by atoms with Gasteiger partial charge in [-0.2, -0.15) is 0 Å². The highest BCUT2D eigenvalue weighted by molar-refractivity contribution is 5.79. The Labute approximate surface area is 144 Å². The molecule has 1 unspecified atom stereocenters. The summed E-state index contributed by atoms with van der Waals surface area (Å²) in [6, 6.07) is 10.7. The quantitative estimate of drug-likeness (QED) is 0.809. The molecule has 0 heterocycles. The van der Waals surface area contributed by atoms with Crippen molar-refractivity contribution in [2.24, 2.45) is 5.92 Å². The smallest absolute Gasteiger partial charge is 0.308 e. The van der Waals surface area contributed by atoms with Gasteiger partial charge in [0.15, 0.2) is 11.6 Å². The third-order valence-electron chi connectivity index (χ3n) is 3.81. The van der Waals surface area contributed by atoms with Crippen molar-refractivity contribution in [1.29, 1.82) is 0 Å². The Balaban J connectivity index is 1.92. The molecule has 2 aromatic rings. The van der Waals surface area contributed by atoms with Crippen LogP contribution >= 0.6 is 0 Å². The lowest BCUT2D eigenvalue weighted by Crippen LogP contribution is -2.34. The molecule has 0 aliphatic rings. The summed E-state index contributed by atoms with van der Waals surface area (Å²) >= 11 is 0.